The monoisotopic (exact) mass is 350 g/mol. The number of hydrogen-bond donors (Lipinski definition) is 2. The number of nitrogens with one attached hydrogen (secondary N) is 2. The summed E-state index contributed by atoms with van der Waals surface area (Å²) in [7, 11) is 3.96. The quantitative estimate of drug-likeness (QED) is 0.721. The normalized spacial score (nSPS) is 10.3. The van der Waals surface area contributed by atoms with Crippen molar-refractivity contribution in [2.45, 2.75) is 0 Å². The SMILES string of the molecule is CN(C)c1ccc(Nc2cncc(C(=O)Nc3cccc(F)c3)c2)cc1. The smallest absolute Gasteiger partial charge is 0.257 e. The molecule has 0 unspecified atom stereocenters. The molecule has 2 aromatic carbocycles. The molecular formula is C20H19FN4O. The van der Waals surface area contributed by atoms with Crippen molar-refractivity contribution < 1.29 is 9.18 Å². The van der Waals surface area contributed by atoms with Crippen molar-refractivity contribution in [3.8, 4) is 0 Å². The Hall–Kier alpha value is -3.41. The van der Waals surface area contributed by atoms with Crippen LogP contribution in [0.2, 0.25) is 0 Å². The van der Waals surface area contributed by atoms with Crippen LogP contribution >= 0.6 is 0 Å². The summed E-state index contributed by atoms with van der Waals surface area (Å²) in [6.45, 7) is 0. The first-order chi connectivity index (χ1) is 12.5. The molecule has 132 valence electrons. The van der Waals surface area contributed by atoms with Crippen LogP contribution < -0.4 is 15.5 Å². The summed E-state index contributed by atoms with van der Waals surface area (Å²) >= 11 is 0. The Morgan fingerprint density at radius 1 is 0.962 bits per heavy atom. The van der Waals surface area contributed by atoms with Crippen LogP contribution in [0.3, 0.4) is 0 Å². The van der Waals surface area contributed by atoms with E-state index in [-0.39, 0.29) is 5.91 Å². The van der Waals surface area contributed by atoms with Crippen molar-refractivity contribution in [1.29, 1.82) is 0 Å². The molecule has 1 heterocycles. The van der Waals surface area contributed by atoms with E-state index in [1.807, 2.05) is 43.3 Å². The van der Waals surface area contributed by atoms with E-state index in [9.17, 15) is 9.18 Å². The lowest BCUT2D eigenvalue weighted by atomic mass is 10.2. The van der Waals surface area contributed by atoms with Crippen LogP contribution in [0.25, 0.3) is 0 Å². The summed E-state index contributed by atoms with van der Waals surface area (Å²) in [6.07, 6.45) is 3.10. The number of benzene rings is 2. The third kappa shape index (κ3) is 4.36. The van der Waals surface area contributed by atoms with E-state index >= 15 is 0 Å². The van der Waals surface area contributed by atoms with Gasteiger partial charge in [-0.15, -0.1) is 0 Å². The fourth-order valence-corrected chi connectivity index (χ4v) is 2.41. The Morgan fingerprint density at radius 2 is 1.73 bits per heavy atom. The van der Waals surface area contributed by atoms with Crippen LogP contribution in [0.4, 0.5) is 27.1 Å². The average molecular weight is 350 g/mol. The summed E-state index contributed by atoms with van der Waals surface area (Å²) < 4.78 is 13.2. The van der Waals surface area contributed by atoms with E-state index in [2.05, 4.69) is 15.6 Å². The molecule has 5 nitrogen and oxygen atoms in total. The van der Waals surface area contributed by atoms with Gasteiger partial charge in [0.25, 0.3) is 5.91 Å². The number of aromatic nitrogens is 1. The van der Waals surface area contributed by atoms with Gasteiger partial charge in [0.1, 0.15) is 5.82 Å². The van der Waals surface area contributed by atoms with Crippen molar-refractivity contribution in [3.05, 3.63) is 78.4 Å². The molecule has 0 atom stereocenters. The van der Waals surface area contributed by atoms with Gasteiger partial charge in [-0.2, -0.15) is 0 Å². The highest BCUT2D eigenvalue weighted by atomic mass is 19.1. The Kier molecular flexibility index (Phi) is 5.12. The number of anilines is 4. The van der Waals surface area contributed by atoms with Crippen LogP contribution in [-0.4, -0.2) is 25.0 Å². The highest BCUT2D eigenvalue weighted by Crippen LogP contribution is 2.20. The minimum atomic E-state index is -0.405. The van der Waals surface area contributed by atoms with Crippen molar-refractivity contribution in [1.82, 2.24) is 4.98 Å². The van der Waals surface area contributed by atoms with Crippen LogP contribution in [0, 0.1) is 5.82 Å². The topological polar surface area (TPSA) is 57.3 Å². The molecule has 6 heteroatoms. The molecule has 0 saturated carbocycles. The zero-order valence-electron chi connectivity index (χ0n) is 14.5. The van der Waals surface area contributed by atoms with E-state index in [1.54, 1.807) is 24.4 Å². The maximum atomic E-state index is 13.2. The van der Waals surface area contributed by atoms with E-state index in [0.29, 0.717) is 16.9 Å². The first-order valence-electron chi connectivity index (χ1n) is 8.07. The predicted octanol–water partition coefficient (Wildman–Crippen LogP) is 4.28. The largest absolute Gasteiger partial charge is 0.378 e. The highest BCUT2D eigenvalue weighted by Gasteiger charge is 2.08. The van der Waals surface area contributed by atoms with E-state index < -0.39 is 5.82 Å². The number of carbonyl (C=O) groups excluding carboxylic acids is 1. The number of rotatable bonds is 5. The Labute approximate surface area is 151 Å². The second-order valence-corrected chi connectivity index (χ2v) is 5.99. The van der Waals surface area contributed by atoms with Gasteiger partial charge in [-0.1, -0.05) is 6.07 Å². The summed E-state index contributed by atoms with van der Waals surface area (Å²) in [5.74, 6) is -0.757. The molecular weight excluding hydrogens is 331 g/mol. The van der Waals surface area contributed by atoms with Crippen molar-refractivity contribution in [2.24, 2.45) is 0 Å². The minimum Gasteiger partial charge on any atom is -0.378 e. The zero-order chi connectivity index (χ0) is 18.5. The summed E-state index contributed by atoms with van der Waals surface area (Å²) in [5.41, 5.74) is 3.45. The lowest BCUT2D eigenvalue weighted by Gasteiger charge is -2.13. The van der Waals surface area contributed by atoms with Gasteiger partial charge in [0.15, 0.2) is 0 Å². The molecule has 3 aromatic rings. The fraction of sp³-hybridized carbons (Fsp3) is 0.100. The van der Waals surface area contributed by atoms with Gasteiger partial charge in [-0.3, -0.25) is 9.78 Å². The molecule has 0 radical (unpaired) electrons. The molecule has 1 amide bonds. The highest BCUT2D eigenvalue weighted by molar-refractivity contribution is 6.04. The third-order valence-corrected chi connectivity index (χ3v) is 3.76. The van der Waals surface area contributed by atoms with Crippen molar-refractivity contribution in [3.63, 3.8) is 0 Å². The fourth-order valence-electron chi connectivity index (χ4n) is 2.41. The second kappa shape index (κ2) is 7.65. The lowest BCUT2D eigenvalue weighted by molar-refractivity contribution is 0.102. The molecule has 0 saturated heterocycles. The van der Waals surface area contributed by atoms with Gasteiger partial charge in [0.2, 0.25) is 0 Å². The van der Waals surface area contributed by atoms with Crippen LogP contribution in [0.5, 0.6) is 0 Å². The molecule has 0 aliphatic heterocycles. The molecule has 1 aromatic heterocycles. The molecule has 0 aliphatic carbocycles. The van der Waals surface area contributed by atoms with E-state index in [1.165, 1.54) is 18.3 Å². The summed E-state index contributed by atoms with van der Waals surface area (Å²) in [6, 6.07) is 15.3. The van der Waals surface area contributed by atoms with Crippen LogP contribution in [0.15, 0.2) is 67.0 Å². The Morgan fingerprint density at radius 3 is 2.42 bits per heavy atom. The van der Waals surface area contributed by atoms with Crippen molar-refractivity contribution >= 4 is 28.7 Å². The van der Waals surface area contributed by atoms with Gasteiger partial charge in [0.05, 0.1) is 17.4 Å². The molecule has 3 rings (SSSR count). The molecule has 0 fully saturated rings. The van der Waals surface area contributed by atoms with Crippen LogP contribution in [0.1, 0.15) is 10.4 Å². The molecule has 0 bridgehead atoms. The molecule has 0 aliphatic rings. The number of pyridine rings is 1. The summed E-state index contributed by atoms with van der Waals surface area (Å²) in [4.78, 5) is 18.5. The number of carbonyl (C=O) groups is 1. The van der Waals surface area contributed by atoms with Gasteiger partial charge < -0.3 is 15.5 Å². The first kappa shape index (κ1) is 17.4. The van der Waals surface area contributed by atoms with E-state index in [0.717, 1.165) is 11.4 Å². The number of nitrogens with zero attached hydrogens (tertiary/aromatic N) is 2. The van der Waals surface area contributed by atoms with Gasteiger partial charge in [0, 0.05) is 37.4 Å². The van der Waals surface area contributed by atoms with Crippen molar-refractivity contribution in [2.75, 3.05) is 29.6 Å². The predicted molar refractivity (Wildman–Crippen MR) is 103 cm³/mol. The average Bonchev–Trinajstić information content (AvgIpc) is 2.62. The second-order valence-electron chi connectivity index (χ2n) is 5.99. The maximum absolute atomic E-state index is 13.2. The number of halogens is 1. The zero-order valence-corrected chi connectivity index (χ0v) is 14.5. The Bertz CT molecular complexity index is 910. The lowest BCUT2D eigenvalue weighted by Crippen LogP contribution is -2.12. The third-order valence-electron chi connectivity index (χ3n) is 3.76. The maximum Gasteiger partial charge on any atom is 0.257 e. The Balaban J connectivity index is 1.72. The molecule has 26 heavy (non-hydrogen) atoms. The van der Waals surface area contributed by atoms with Gasteiger partial charge >= 0.3 is 0 Å². The number of hydrogen-bond acceptors (Lipinski definition) is 4. The van der Waals surface area contributed by atoms with Gasteiger partial charge in [-0.25, -0.2) is 4.39 Å². The van der Waals surface area contributed by atoms with Crippen LogP contribution in [-0.2, 0) is 0 Å². The molecule has 2 N–H and O–H groups in total. The van der Waals surface area contributed by atoms with Gasteiger partial charge in [-0.05, 0) is 48.5 Å². The molecule has 0 spiro atoms. The summed E-state index contributed by atoms with van der Waals surface area (Å²) in [5, 5.41) is 5.88. The number of amides is 1. The standard InChI is InChI=1S/C20H19FN4O/c1-25(2)19-8-6-16(7-9-19)23-18-10-14(12-22-13-18)20(26)24-17-5-3-4-15(21)11-17/h3-13,23H,1-2H3,(H,24,26). The minimum absolute atomic E-state index is 0.352. The van der Waals surface area contributed by atoms with E-state index in [4.69, 9.17) is 0 Å². The first-order valence-corrected chi connectivity index (χ1v) is 8.07.